The maximum Gasteiger partial charge on any atom is 0.272 e. The summed E-state index contributed by atoms with van der Waals surface area (Å²) in [5, 5.41) is 11.5. The Morgan fingerprint density at radius 2 is 1.62 bits per heavy atom. The maximum absolute atomic E-state index is 13.0. The normalized spacial score (nSPS) is 27.6. The third kappa shape index (κ3) is 2.94. The van der Waals surface area contributed by atoms with Crippen LogP contribution in [0.1, 0.15) is 18.4 Å². The van der Waals surface area contributed by atoms with Crippen molar-refractivity contribution in [1.29, 1.82) is 0 Å². The molecule has 0 aromatic heterocycles. The molecule has 0 aliphatic carbocycles. The molecule has 3 heterocycles. The molecule has 0 spiro atoms. The van der Waals surface area contributed by atoms with Crippen molar-refractivity contribution in [3.05, 3.63) is 58.1 Å². The van der Waals surface area contributed by atoms with Gasteiger partial charge in [-0.2, -0.15) is 0 Å². The second kappa shape index (κ2) is 6.67. The Hall–Kier alpha value is -2.71. The molecule has 2 aromatic rings. The van der Waals surface area contributed by atoms with E-state index in [-0.39, 0.29) is 35.4 Å². The number of amides is 2. The van der Waals surface area contributed by atoms with E-state index in [1.807, 2.05) is 31.2 Å². The van der Waals surface area contributed by atoms with E-state index in [1.165, 1.54) is 23.9 Å². The molecule has 3 aliphatic rings. The summed E-state index contributed by atoms with van der Waals surface area (Å²) in [6.07, 6.45) is 1.13. The second-order valence-corrected chi connectivity index (χ2v) is 8.86. The third-order valence-corrected chi connectivity index (χ3v) is 6.87. The maximum atomic E-state index is 13.0. The van der Waals surface area contributed by atoms with Gasteiger partial charge >= 0.3 is 0 Å². The molecule has 8 heteroatoms. The fraction of sp³-hybridized carbons (Fsp3) is 0.333. The Balaban J connectivity index is 1.52. The van der Waals surface area contributed by atoms with Crippen LogP contribution in [0, 0.1) is 28.9 Å². The highest BCUT2D eigenvalue weighted by atomic mass is 32.2. The largest absolute Gasteiger partial charge is 0.373 e. The fourth-order valence-electron chi connectivity index (χ4n) is 4.57. The number of rotatable bonds is 4. The molecule has 3 fully saturated rings. The Kier molecular flexibility index (Phi) is 4.22. The van der Waals surface area contributed by atoms with Crippen molar-refractivity contribution < 1.29 is 19.2 Å². The number of aryl methyl sites for hydroxylation is 1. The standard InChI is InChI=1S/C21H18N2O5S/c1-11-2-4-14(5-3-11)29-15-9-12(8-13(10-15)23(26)27)22-20(24)18-16-6-7-17(28-16)19(18)21(22)25/h2-5,8-10,16-19H,6-7H2,1H3/t16-,17-,18-,19+/m1/s1. The van der Waals surface area contributed by atoms with E-state index in [4.69, 9.17) is 4.74 Å². The third-order valence-electron chi connectivity index (χ3n) is 5.89. The van der Waals surface area contributed by atoms with Crippen LogP contribution >= 0.6 is 11.8 Å². The van der Waals surface area contributed by atoms with E-state index in [1.54, 1.807) is 6.07 Å². The molecule has 0 radical (unpaired) electrons. The molecule has 0 saturated carbocycles. The molecule has 7 nitrogen and oxygen atoms in total. The zero-order chi connectivity index (χ0) is 20.3. The molecule has 0 unspecified atom stereocenters. The topological polar surface area (TPSA) is 89.8 Å². The van der Waals surface area contributed by atoms with Gasteiger partial charge in [0.05, 0.1) is 34.7 Å². The summed E-state index contributed by atoms with van der Waals surface area (Å²) in [5.74, 6) is -1.54. The first-order valence-electron chi connectivity index (χ1n) is 9.49. The summed E-state index contributed by atoms with van der Waals surface area (Å²) in [4.78, 5) is 39.7. The summed E-state index contributed by atoms with van der Waals surface area (Å²) in [6, 6.07) is 12.2. The number of fused-ring (bicyclic) bond motifs is 5. The van der Waals surface area contributed by atoms with Gasteiger partial charge in [0.15, 0.2) is 0 Å². The molecule has 0 N–H and O–H groups in total. The van der Waals surface area contributed by atoms with Gasteiger partial charge in [-0.15, -0.1) is 0 Å². The van der Waals surface area contributed by atoms with Crippen molar-refractivity contribution in [2.24, 2.45) is 11.8 Å². The van der Waals surface area contributed by atoms with E-state index in [9.17, 15) is 19.7 Å². The van der Waals surface area contributed by atoms with Crippen molar-refractivity contribution in [2.75, 3.05) is 4.90 Å². The minimum absolute atomic E-state index is 0.144. The minimum Gasteiger partial charge on any atom is -0.373 e. The van der Waals surface area contributed by atoms with Gasteiger partial charge in [-0.25, -0.2) is 4.90 Å². The summed E-state index contributed by atoms with van der Waals surface area (Å²) in [5.41, 5.74) is 1.23. The number of non-ortho nitro benzene ring substituents is 1. The van der Waals surface area contributed by atoms with Crippen LogP contribution in [-0.4, -0.2) is 28.9 Å². The van der Waals surface area contributed by atoms with E-state index >= 15 is 0 Å². The molecule has 2 amide bonds. The molecule has 148 valence electrons. The van der Waals surface area contributed by atoms with Gasteiger partial charge in [0.25, 0.3) is 5.69 Å². The molecule has 2 bridgehead atoms. The Morgan fingerprint density at radius 1 is 1.00 bits per heavy atom. The van der Waals surface area contributed by atoms with Crippen molar-refractivity contribution in [3.63, 3.8) is 0 Å². The van der Waals surface area contributed by atoms with Gasteiger partial charge in [-0.05, 0) is 38.0 Å². The van der Waals surface area contributed by atoms with E-state index in [0.29, 0.717) is 4.90 Å². The average molecular weight is 410 g/mol. The van der Waals surface area contributed by atoms with Gasteiger partial charge in [0, 0.05) is 21.9 Å². The lowest BCUT2D eigenvalue weighted by Gasteiger charge is -2.18. The smallest absolute Gasteiger partial charge is 0.272 e. The molecular weight excluding hydrogens is 392 g/mol. The number of anilines is 1. The molecule has 5 rings (SSSR count). The van der Waals surface area contributed by atoms with Crippen molar-refractivity contribution in [1.82, 2.24) is 0 Å². The van der Waals surface area contributed by atoms with Crippen LogP contribution < -0.4 is 4.90 Å². The molecule has 4 atom stereocenters. The van der Waals surface area contributed by atoms with Crippen LogP contribution in [0.2, 0.25) is 0 Å². The summed E-state index contributed by atoms with van der Waals surface area (Å²) >= 11 is 1.36. The van der Waals surface area contributed by atoms with Crippen LogP contribution in [0.15, 0.2) is 52.3 Å². The van der Waals surface area contributed by atoms with Gasteiger partial charge < -0.3 is 4.74 Å². The number of imide groups is 1. The average Bonchev–Trinajstić information content (AvgIpc) is 3.37. The lowest BCUT2D eigenvalue weighted by molar-refractivity contribution is -0.385. The lowest BCUT2D eigenvalue weighted by atomic mass is 9.81. The van der Waals surface area contributed by atoms with Crippen LogP contribution in [-0.2, 0) is 14.3 Å². The highest BCUT2D eigenvalue weighted by Gasteiger charge is 2.62. The number of nitro groups is 1. The van der Waals surface area contributed by atoms with Crippen LogP contribution in [0.5, 0.6) is 0 Å². The Labute approximate surface area is 171 Å². The van der Waals surface area contributed by atoms with Gasteiger partial charge in [-0.3, -0.25) is 19.7 Å². The molecule has 2 aromatic carbocycles. The van der Waals surface area contributed by atoms with Crippen LogP contribution in [0.4, 0.5) is 11.4 Å². The minimum atomic E-state index is -0.499. The number of hydrogen-bond donors (Lipinski definition) is 0. The van der Waals surface area contributed by atoms with Gasteiger partial charge in [0.2, 0.25) is 11.8 Å². The predicted molar refractivity (Wildman–Crippen MR) is 106 cm³/mol. The zero-order valence-electron chi connectivity index (χ0n) is 15.6. The number of carbonyl (C=O) groups is 2. The first-order chi connectivity index (χ1) is 13.9. The molecule has 3 saturated heterocycles. The van der Waals surface area contributed by atoms with Crippen molar-refractivity contribution in [2.45, 2.75) is 41.8 Å². The number of nitro benzene ring substituents is 1. The number of nitrogens with zero attached hydrogens (tertiary/aromatic N) is 2. The first-order valence-corrected chi connectivity index (χ1v) is 10.3. The van der Waals surface area contributed by atoms with E-state index < -0.39 is 16.8 Å². The molecular formula is C21H18N2O5S. The highest BCUT2D eigenvalue weighted by molar-refractivity contribution is 7.99. The number of carbonyl (C=O) groups excluding carboxylic acids is 2. The van der Waals surface area contributed by atoms with Crippen LogP contribution in [0.3, 0.4) is 0 Å². The number of ether oxygens (including phenoxy) is 1. The second-order valence-electron chi connectivity index (χ2n) is 7.71. The van der Waals surface area contributed by atoms with E-state index in [2.05, 4.69) is 0 Å². The van der Waals surface area contributed by atoms with Gasteiger partial charge in [-0.1, -0.05) is 29.5 Å². The predicted octanol–water partition coefficient (Wildman–Crippen LogP) is 3.72. The molecule has 29 heavy (non-hydrogen) atoms. The van der Waals surface area contributed by atoms with Gasteiger partial charge in [0.1, 0.15) is 0 Å². The summed E-state index contributed by atoms with van der Waals surface area (Å²) in [7, 11) is 0. The van der Waals surface area contributed by atoms with Crippen molar-refractivity contribution in [3.8, 4) is 0 Å². The monoisotopic (exact) mass is 410 g/mol. The Morgan fingerprint density at radius 3 is 2.21 bits per heavy atom. The number of benzene rings is 2. The summed E-state index contributed by atoms with van der Waals surface area (Å²) in [6.45, 7) is 1.98. The molecule has 3 aliphatic heterocycles. The van der Waals surface area contributed by atoms with Crippen LogP contribution in [0.25, 0.3) is 0 Å². The quantitative estimate of drug-likeness (QED) is 0.434. The lowest BCUT2D eigenvalue weighted by Crippen LogP contribution is -2.34. The Bertz CT molecular complexity index is 1010. The summed E-state index contributed by atoms with van der Waals surface area (Å²) < 4.78 is 5.76. The van der Waals surface area contributed by atoms with Crippen molar-refractivity contribution >= 4 is 35.0 Å². The number of hydrogen-bond acceptors (Lipinski definition) is 6. The van der Waals surface area contributed by atoms with E-state index in [0.717, 1.165) is 28.2 Å². The zero-order valence-corrected chi connectivity index (χ0v) is 16.4. The SMILES string of the molecule is Cc1ccc(Sc2cc(N3C(=O)[C@@H]4[C@H](C3=O)[C@H]3CC[C@H]4O3)cc([N+](=O)[O-])c2)cc1. The highest BCUT2D eigenvalue weighted by Crippen LogP contribution is 2.50. The fourth-order valence-corrected chi connectivity index (χ4v) is 5.47. The first kappa shape index (κ1) is 18.3.